The molecule has 0 aliphatic rings. The molecule has 3 aromatic heterocycles. The highest BCUT2D eigenvalue weighted by Crippen LogP contribution is 2.30. The minimum absolute atomic E-state index is 0.149. The van der Waals surface area contributed by atoms with Gasteiger partial charge in [-0.25, -0.2) is 0 Å². The van der Waals surface area contributed by atoms with Gasteiger partial charge in [-0.1, -0.05) is 17.8 Å². The van der Waals surface area contributed by atoms with Crippen molar-refractivity contribution in [1.29, 1.82) is 0 Å². The summed E-state index contributed by atoms with van der Waals surface area (Å²) in [5, 5.41) is 10.7. The molecule has 0 aliphatic carbocycles. The number of nitrogens with one attached hydrogen (secondary N) is 1. The van der Waals surface area contributed by atoms with Gasteiger partial charge in [-0.2, -0.15) is 31.3 Å². The van der Waals surface area contributed by atoms with Crippen molar-refractivity contribution in [2.75, 3.05) is 24.2 Å². The molecule has 0 saturated heterocycles. The van der Waals surface area contributed by atoms with E-state index in [-0.39, 0.29) is 23.8 Å². The molecule has 0 radical (unpaired) electrons. The summed E-state index contributed by atoms with van der Waals surface area (Å²) in [7, 11) is 0. The second-order valence-corrected chi connectivity index (χ2v) is 7.51. The Morgan fingerprint density at radius 2 is 1.94 bits per heavy atom. The first-order valence-electron chi connectivity index (χ1n) is 9.26. The van der Waals surface area contributed by atoms with Crippen LogP contribution in [-0.4, -0.2) is 51.0 Å². The van der Waals surface area contributed by atoms with Gasteiger partial charge in [-0.05, 0) is 18.2 Å². The standard InChI is InChI=1S/C19H17F6N5O2S/c1-2-6-33-17-29-28-16(30(17)9-13-4-3-5-31-13)12-7-14(26-10-18(20,21)22)27-15(8-12)32-11-19(23,24)25/h2-5,7-8H,1,6,9-11H2,(H,26,27). The lowest BCUT2D eigenvalue weighted by atomic mass is 10.2. The van der Waals surface area contributed by atoms with Gasteiger partial charge in [0.2, 0.25) is 5.88 Å². The van der Waals surface area contributed by atoms with Crippen molar-refractivity contribution >= 4 is 17.6 Å². The van der Waals surface area contributed by atoms with Gasteiger partial charge in [0.15, 0.2) is 17.6 Å². The first-order valence-corrected chi connectivity index (χ1v) is 10.2. The fraction of sp³-hybridized carbons (Fsp3) is 0.316. The predicted octanol–water partition coefficient (Wildman–Crippen LogP) is 5.17. The molecule has 3 heterocycles. The van der Waals surface area contributed by atoms with E-state index in [0.29, 0.717) is 16.7 Å². The normalized spacial score (nSPS) is 12.1. The molecule has 3 rings (SSSR count). The molecular formula is C19H17F6N5O2S. The Labute approximate surface area is 187 Å². The van der Waals surface area contributed by atoms with Crippen LogP contribution in [-0.2, 0) is 6.54 Å². The van der Waals surface area contributed by atoms with E-state index in [2.05, 4.69) is 26.5 Å². The first kappa shape index (κ1) is 24.5. The molecule has 1 N–H and O–H groups in total. The van der Waals surface area contributed by atoms with Crippen molar-refractivity contribution < 1.29 is 35.5 Å². The van der Waals surface area contributed by atoms with Crippen LogP contribution < -0.4 is 10.1 Å². The van der Waals surface area contributed by atoms with Gasteiger partial charge < -0.3 is 14.5 Å². The van der Waals surface area contributed by atoms with Crippen molar-refractivity contribution in [1.82, 2.24) is 19.7 Å². The molecule has 0 unspecified atom stereocenters. The number of rotatable bonds is 10. The van der Waals surface area contributed by atoms with Gasteiger partial charge in [-0.3, -0.25) is 4.57 Å². The van der Waals surface area contributed by atoms with Crippen LogP contribution in [0.25, 0.3) is 11.4 Å². The summed E-state index contributed by atoms with van der Waals surface area (Å²) in [5.41, 5.74) is 0.149. The molecule has 0 bridgehead atoms. The fourth-order valence-corrected chi connectivity index (χ4v) is 3.26. The summed E-state index contributed by atoms with van der Waals surface area (Å²) in [6.07, 6.45) is -6.13. The molecule has 0 fully saturated rings. The summed E-state index contributed by atoms with van der Waals surface area (Å²) in [5.74, 6) is 0.337. The van der Waals surface area contributed by atoms with Crippen molar-refractivity contribution in [2.24, 2.45) is 0 Å². The molecule has 0 saturated carbocycles. The number of nitrogens with zero attached hydrogens (tertiary/aromatic N) is 4. The molecule has 0 aromatic carbocycles. The van der Waals surface area contributed by atoms with Gasteiger partial charge in [0.1, 0.15) is 18.1 Å². The zero-order valence-electron chi connectivity index (χ0n) is 16.8. The summed E-state index contributed by atoms with van der Waals surface area (Å²) < 4.78 is 87.4. The van der Waals surface area contributed by atoms with E-state index in [0.717, 1.165) is 6.07 Å². The number of aromatic nitrogens is 4. The summed E-state index contributed by atoms with van der Waals surface area (Å²) in [6.45, 7) is 0.696. The number of anilines is 1. The zero-order valence-corrected chi connectivity index (χ0v) is 17.6. The highest BCUT2D eigenvalue weighted by molar-refractivity contribution is 7.99. The van der Waals surface area contributed by atoms with Gasteiger partial charge in [0, 0.05) is 17.4 Å². The lowest BCUT2D eigenvalue weighted by Crippen LogP contribution is -2.22. The first-order chi connectivity index (χ1) is 15.5. The molecule has 14 heteroatoms. The van der Waals surface area contributed by atoms with Crippen LogP contribution in [0.1, 0.15) is 5.76 Å². The molecule has 33 heavy (non-hydrogen) atoms. The molecule has 0 atom stereocenters. The highest BCUT2D eigenvalue weighted by atomic mass is 32.2. The topological polar surface area (TPSA) is 78.0 Å². The number of furan rings is 1. The number of thioether (sulfide) groups is 1. The van der Waals surface area contributed by atoms with Crippen LogP contribution in [0.3, 0.4) is 0 Å². The van der Waals surface area contributed by atoms with Crippen LogP contribution in [0.2, 0.25) is 0 Å². The molecule has 3 aromatic rings. The predicted molar refractivity (Wildman–Crippen MR) is 108 cm³/mol. The molecule has 0 spiro atoms. The maximum absolute atomic E-state index is 12.6. The smallest absolute Gasteiger partial charge is 0.422 e. The van der Waals surface area contributed by atoms with E-state index < -0.39 is 31.4 Å². The maximum Gasteiger partial charge on any atom is 0.422 e. The van der Waals surface area contributed by atoms with E-state index >= 15 is 0 Å². The van der Waals surface area contributed by atoms with Gasteiger partial charge in [-0.15, -0.1) is 16.8 Å². The van der Waals surface area contributed by atoms with Crippen molar-refractivity contribution in [3.63, 3.8) is 0 Å². The molecular weight excluding hydrogens is 476 g/mol. The quantitative estimate of drug-likeness (QED) is 0.237. The monoisotopic (exact) mass is 493 g/mol. The fourth-order valence-electron chi connectivity index (χ4n) is 2.59. The summed E-state index contributed by atoms with van der Waals surface area (Å²) >= 11 is 1.29. The maximum atomic E-state index is 12.6. The Morgan fingerprint density at radius 1 is 1.15 bits per heavy atom. The van der Waals surface area contributed by atoms with Crippen molar-refractivity contribution in [3.8, 4) is 17.3 Å². The molecule has 178 valence electrons. The van der Waals surface area contributed by atoms with Crippen LogP contribution in [0, 0.1) is 0 Å². The van der Waals surface area contributed by atoms with E-state index in [4.69, 9.17) is 4.42 Å². The van der Waals surface area contributed by atoms with Crippen LogP contribution >= 0.6 is 11.8 Å². The van der Waals surface area contributed by atoms with Crippen LogP contribution in [0.15, 0.2) is 52.8 Å². The van der Waals surface area contributed by atoms with Gasteiger partial charge in [0.25, 0.3) is 0 Å². The van der Waals surface area contributed by atoms with E-state index in [1.165, 1.54) is 24.1 Å². The number of alkyl halides is 6. The molecule has 0 aliphatic heterocycles. The Morgan fingerprint density at radius 3 is 2.58 bits per heavy atom. The largest absolute Gasteiger partial charge is 0.468 e. The van der Waals surface area contributed by atoms with E-state index in [1.807, 2.05) is 5.32 Å². The minimum Gasteiger partial charge on any atom is -0.468 e. The van der Waals surface area contributed by atoms with E-state index in [9.17, 15) is 26.3 Å². The summed E-state index contributed by atoms with van der Waals surface area (Å²) in [6, 6.07) is 5.74. The molecule has 7 nitrogen and oxygen atoms in total. The van der Waals surface area contributed by atoms with Crippen molar-refractivity contribution in [3.05, 3.63) is 48.9 Å². The number of hydrogen-bond acceptors (Lipinski definition) is 7. The zero-order chi connectivity index (χ0) is 24.1. The van der Waals surface area contributed by atoms with Crippen molar-refractivity contribution in [2.45, 2.75) is 24.1 Å². The van der Waals surface area contributed by atoms with Gasteiger partial charge >= 0.3 is 12.4 Å². The van der Waals surface area contributed by atoms with Crippen LogP contribution in [0.4, 0.5) is 32.2 Å². The molecule has 0 amide bonds. The average Bonchev–Trinajstić information content (AvgIpc) is 3.38. The van der Waals surface area contributed by atoms with Crippen LogP contribution in [0.5, 0.6) is 5.88 Å². The number of halogens is 6. The SMILES string of the molecule is C=CCSc1nnc(-c2cc(NCC(F)(F)F)nc(OCC(F)(F)F)c2)n1Cc1ccco1. The lowest BCUT2D eigenvalue weighted by molar-refractivity contribution is -0.154. The van der Waals surface area contributed by atoms with Gasteiger partial charge in [0.05, 0.1) is 12.8 Å². The average molecular weight is 493 g/mol. The Bertz CT molecular complexity index is 1030. The third-order valence-electron chi connectivity index (χ3n) is 3.85. The minimum atomic E-state index is -4.66. The van der Waals surface area contributed by atoms with E-state index in [1.54, 1.807) is 22.8 Å². The Balaban J connectivity index is 2.01. The third-order valence-corrected chi connectivity index (χ3v) is 4.82. The number of ether oxygens (including phenoxy) is 1. The highest BCUT2D eigenvalue weighted by Gasteiger charge is 2.30. The number of pyridine rings is 1. The summed E-state index contributed by atoms with van der Waals surface area (Å²) in [4.78, 5) is 3.70. The number of hydrogen-bond donors (Lipinski definition) is 1. The Hall–Kier alpha value is -3.16. The lowest BCUT2D eigenvalue weighted by Gasteiger charge is -2.14. The third kappa shape index (κ3) is 7.44. The second-order valence-electron chi connectivity index (χ2n) is 6.52. The second kappa shape index (κ2) is 10.2. The Kier molecular flexibility index (Phi) is 7.56.